The molecule has 0 radical (unpaired) electrons. The maximum absolute atomic E-state index is 5.95. The van der Waals surface area contributed by atoms with E-state index in [9.17, 15) is 0 Å². The molecule has 2 rings (SSSR count). The number of thiophene rings is 1. The molecular formula is C15H19BrN2S. The van der Waals surface area contributed by atoms with E-state index in [1.807, 2.05) is 17.4 Å². The van der Waals surface area contributed by atoms with Gasteiger partial charge in [-0.25, -0.2) is 0 Å². The van der Waals surface area contributed by atoms with Crippen LogP contribution in [0.2, 0.25) is 0 Å². The van der Waals surface area contributed by atoms with E-state index in [1.165, 1.54) is 10.4 Å². The molecule has 1 aromatic carbocycles. The molecule has 19 heavy (non-hydrogen) atoms. The third kappa shape index (κ3) is 4.14. The predicted molar refractivity (Wildman–Crippen MR) is 86.6 cm³/mol. The van der Waals surface area contributed by atoms with Crippen LogP contribution in [0.4, 0.5) is 0 Å². The monoisotopic (exact) mass is 338 g/mol. The summed E-state index contributed by atoms with van der Waals surface area (Å²) in [5.74, 6) is 0. The van der Waals surface area contributed by atoms with E-state index < -0.39 is 0 Å². The molecule has 2 nitrogen and oxygen atoms in total. The van der Waals surface area contributed by atoms with Crippen LogP contribution in [0.5, 0.6) is 0 Å². The minimum Gasteiger partial charge on any atom is -0.329 e. The quantitative estimate of drug-likeness (QED) is 0.870. The molecule has 1 heterocycles. The molecule has 4 heteroatoms. The summed E-state index contributed by atoms with van der Waals surface area (Å²) >= 11 is 5.34. The van der Waals surface area contributed by atoms with Crippen molar-refractivity contribution in [3.05, 3.63) is 56.7 Å². The fourth-order valence-electron chi connectivity index (χ4n) is 2.18. The summed E-state index contributed by atoms with van der Waals surface area (Å²) < 4.78 is 1.11. The summed E-state index contributed by atoms with van der Waals surface area (Å²) in [4.78, 5) is 3.76. The van der Waals surface area contributed by atoms with E-state index in [-0.39, 0.29) is 6.04 Å². The van der Waals surface area contributed by atoms with Gasteiger partial charge in [0.2, 0.25) is 0 Å². The Labute approximate surface area is 127 Å². The predicted octanol–water partition coefficient (Wildman–Crippen LogP) is 3.68. The Balaban J connectivity index is 2.00. The molecule has 102 valence electrons. The highest BCUT2D eigenvalue weighted by Gasteiger charge is 2.15. The van der Waals surface area contributed by atoms with Crippen molar-refractivity contribution in [3.63, 3.8) is 0 Å². The van der Waals surface area contributed by atoms with Crippen LogP contribution in [0.1, 0.15) is 16.5 Å². The van der Waals surface area contributed by atoms with Crippen molar-refractivity contribution < 1.29 is 0 Å². The summed E-state index contributed by atoms with van der Waals surface area (Å²) in [7, 11) is 2.14. The largest absolute Gasteiger partial charge is 0.329 e. The van der Waals surface area contributed by atoms with Gasteiger partial charge in [0.25, 0.3) is 0 Å². The zero-order valence-corrected chi connectivity index (χ0v) is 13.5. The number of rotatable bonds is 6. The van der Waals surface area contributed by atoms with Gasteiger partial charge in [-0.05, 0) is 42.6 Å². The highest BCUT2D eigenvalue weighted by molar-refractivity contribution is 9.10. The van der Waals surface area contributed by atoms with E-state index in [0.717, 1.165) is 17.4 Å². The van der Waals surface area contributed by atoms with Crippen molar-refractivity contribution in [2.45, 2.75) is 12.5 Å². The second kappa shape index (κ2) is 7.20. The minimum absolute atomic E-state index is 0.275. The smallest absolute Gasteiger partial charge is 0.0467 e. The molecule has 0 amide bonds. The maximum Gasteiger partial charge on any atom is 0.0467 e. The van der Waals surface area contributed by atoms with Crippen LogP contribution < -0.4 is 5.73 Å². The van der Waals surface area contributed by atoms with E-state index >= 15 is 0 Å². The molecule has 1 atom stereocenters. The number of nitrogens with zero attached hydrogens (tertiary/aromatic N) is 1. The van der Waals surface area contributed by atoms with Crippen LogP contribution in [-0.4, -0.2) is 25.0 Å². The van der Waals surface area contributed by atoms with E-state index in [4.69, 9.17) is 5.73 Å². The second-order valence-electron chi connectivity index (χ2n) is 4.62. The highest BCUT2D eigenvalue weighted by Crippen LogP contribution is 2.22. The van der Waals surface area contributed by atoms with Crippen LogP contribution in [-0.2, 0) is 6.42 Å². The van der Waals surface area contributed by atoms with E-state index in [1.54, 1.807) is 0 Å². The first-order valence-corrected chi connectivity index (χ1v) is 8.06. The molecule has 0 saturated heterocycles. The second-order valence-corrected chi connectivity index (χ2v) is 6.56. The van der Waals surface area contributed by atoms with Gasteiger partial charge in [0.05, 0.1) is 0 Å². The fraction of sp³-hybridized carbons (Fsp3) is 0.333. The van der Waals surface area contributed by atoms with Gasteiger partial charge in [-0.1, -0.05) is 34.1 Å². The third-order valence-corrected chi connectivity index (χ3v) is 4.71. The van der Waals surface area contributed by atoms with Gasteiger partial charge in [0.1, 0.15) is 0 Å². The Morgan fingerprint density at radius 3 is 2.79 bits per heavy atom. The number of hydrogen-bond donors (Lipinski definition) is 1. The van der Waals surface area contributed by atoms with Gasteiger partial charge in [0, 0.05) is 28.5 Å². The SMILES string of the molecule is CN(CCc1cccs1)C(CN)c1cccc(Br)c1. The lowest BCUT2D eigenvalue weighted by Gasteiger charge is -2.27. The summed E-state index contributed by atoms with van der Waals surface area (Å²) in [5.41, 5.74) is 7.22. The van der Waals surface area contributed by atoms with Crippen molar-refractivity contribution in [2.75, 3.05) is 20.1 Å². The van der Waals surface area contributed by atoms with Crippen LogP contribution in [0, 0.1) is 0 Å². The Bertz CT molecular complexity index is 499. The van der Waals surface area contributed by atoms with Crippen LogP contribution in [0.3, 0.4) is 0 Å². The molecule has 0 bridgehead atoms. The minimum atomic E-state index is 0.275. The number of nitrogens with two attached hydrogens (primary N) is 1. The van der Waals surface area contributed by atoms with Gasteiger partial charge in [-0.15, -0.1) is 11.3 Å². The standard InChI is InChI=1S/C15H19BrN2S/c1-18(8-7-14-6-3-9-19-14)15(11-17)12-4-2-5-13(16)10-12/h2-6,9-10,15H,7-8,11,17H2,1H3. The van der Waals surface area contributed by atoms with Crippen LogP contribution in [0.25, 0.3) is 0 Å². The lowest BCUT2D eigenvalue weighted by atomic mass is 10.1. The Kier molecular flexibility index (Phi) is 5.58. The first kappa shape index (κ1) is 14.7. The molecule has 2 N–H and O–H groups in total. The number of halogens is 1. The highest BCUT2D eigenvalue weighted by atomic mass is 79.9. The summed E-state index contributed by atoms with van der Waals surface area (Å²) in [6.45, 7) is 1.66. The first-order valence-electron chi connectivity index (χ1n) is 6.39. The zero-order chi connectivity index (χ0) is 13.7. The van der Waals surface area contributed by atoms with Crippen molar-refractivity contribution in [1.29, 1.82) is 0 Å². The normalized spacial score (nSPS) is 12.8. The molecule has 1 unspecified atom stereocenters. The van der Waals surface area contributed by atoms with Gasteiger partial charge < -0.3 is 5.73 Å². The Morgan fingerprint density at radius 1 is 1.32 bits per heavy atom. The van der Waals surface area contributed by atoms with E-state index in [2.05, 4.69) is 63.6 Å². The Morgan fingerprint density at radius 2 is 2.16 bits per heavy atom. The number of benzene rings is 1. The van der Waals surface area contributed by atoms with Gasteiger partial charge in [-0.3, -0.25) is 4.90 Å². The number of likely N-dealkylation sites (N-methyl/N-ethyl adjacent to an activating group) is 1. The molecule has 0 aliphatic carbocycles. The molecule has 2 aromatic rings. The summed E-state index contributed by atoms with van der Waals surface area (Å²) in [6, 6.07) is 13.0. The lowest BCUT2D eigenvalue weighted by molar-refractivity contribution is 0.254. The molecule has 0 saturated carbocycles. The number of hydrogen-bond acceptors (Lipinski definition) is 3. The fourth-order valence-corrected chi connectivity index (χ4v) is 3.30. The molecule has 0 aliphatic rings. The van der Waals surface area contributed by atoms with Crippen molar-refractivity contribution in [1.82, 2.24) is 4.90 Å². The van der Waals surface area contributed by atoms with Crippen LogP contribution >= 0.6 is 27.3 Å². The zero-order valence-electron chi connectivity index (χ0n) is 11.1. The van der Waals surface area contributed by atoms with Crippen molar-refractivity contribution in [2.24, 2.45) is 5.73 Å². The topological polar surface area (TPSA) is 29.3 Å². The van der Waals surface area contributed by atoms with E-state index in [0.29, 0.717) is 6.54 Å². The average molecular weight is 339 g/mol. The summed E-state index contributed by atoms with van der Waals surface area (Å²) in [5, 5.41) is 2.13. The maximum atomic E-state index is 5.95. The van der Waals surface area contributed by atoms with Gasteiger partial charge in [-0.2, -0.15) is 0 Å². The molecule has 1 aromatic heterocycles. The summed E-state index contributed by atoms with van der Waals surface area (Å²) in [6.07, 6.45) is 1.08. The molecule has 0 fully saturated rings. The van der Waals surface area contributed by atoms with Crippen molar-refractivity contribution >= 4 is 27.3 Å². The lowest BCUT2D eigenvalue weighted by Crippen LogP contribution is -2.32. The third-order valence-electron chi connectivity index (χ3n) is 3.28. The van der Waals surface area contributed by atoms with Crippen LogP contribution in [0.15, 0.2) is 46.3 Å². The van der Waals surface area contributed by atoms with Gasteiger partial charge in [0.15, 0.2) is 0 Å². The van der Waals surface area contributed by atoms with Gasteiger partial charge >= 0.3 is 0 Å². The molecule has 0 spiro atoms. The molecule has 0 aliphatic heterocycles. The first-order chi connectivity index (χ1) is 9.20. The van der Waals surface area contributed by atoms with Crippen molar-refractivity contribution in [3.8, 4) is 0 Å². The Hall–Kier alpha value is -0.680. The molecular weight excluding hydrogens is 320 g/mol. The average Bonchev–Trinajstić information content (AvgIpc) is 2.90.